The number of ether oxygens (including phenoxy) is 1. The van der Waals surface area contributed by atoms with Gasteiger partial charge < -0.3 is 9.84 Å². The van der Waals surface area contributed by atoms with Gasteiger partial charge in [0, 0.05) is 17.0 Å². The third kappa shape index (κ3) is 3.25. The molecule has 0 aliphatic rings. The molecule has 0 saturated heterocycles. The summed E-state index contributed by atoms with van der Waals surface area (Å²) in [5.41, 5.74) is 1.01. The van der Waals surface area contributed by atoms with Crippen molar-refractivity contribution < 1.29 is 14.2 Å². The zero-order chi connectivity index (χ0) is 13.8. The van der Waals surface area contributed by atoms with E-state index < -0.39 is 6.10 Å². The largest absolute Gasteiger partial charge is 0.496 e. The molecule has 0 fully saturated rings. The quantitative estimate of drug-likeness (QED) is 0.924. The molecular formula is C15H14ClFO2. The van der Waals surface area contributed by atoms with E-state index in [1.807, 2.05) is 6.07 Å². The first-order chi connectivity index (χ1) is 9.11. The van der Waals surface area contributed by atoms with Crippen LogP contribution in [0, 0.1) is 5.82 Å². The summed E-state index contributed by atoms with van der Waals surface area (Å²) in [4.78, 5) is 0. The molecule has 0 aliphatic carbocycles. The highest BCUT2D eigenvalue weighted by Gasteiger charge is 2.15. The predicted octanol–water partition coefficient (Wildman–Crippen LogP) is 3.76. The summed E-state index contributed by atoms with van der Waals surface area (Å²) in [5, 5.41) is 10.7. The van der Waals surface area contributed by atoms with Crippen LogP contribution in [-0.4, -0.2) is 12.2 Å². The molecule has 1 atom stereocenters. The van der Waals surface area contributed by atoms with E-state index in [9.17, 15) is 9.50 Å². The standard InChI is InChI=1S/C15H14ClFO2/c1-19-15-5-3-2-4-12(15)14(18)9-10-8-11(16)6-7-13(10)17/h2-8,14,18H,9H2,1H3. The molecule has 19 heavy (non-hydrogen) atoms. The number of hydrogen-bond donors (Lipinski definition) is 1. The van der Waals surface area contributed by atoms with Gasteiger partial charge in [0.15, 0.2) is 0 Å². The summed E-state index contributed by atoms with van der Waals surface area (Å²) in [6.45, 7) is 0. The topological polar surface area (TPSA) is 29.5 Å². The molecule has 0 spiro atoms. The van der Waals surface area contributed by atoms with E-state index in [1.54, 1.807) is 18.2 Å². The number of para-hydroxylation sites is 1. The van der Waals surface area contributed by atoms with Gasteiger partial charge in [-0.1, -0.05) is 29.8 Å². The van der Waals surface area contributed by atoms with Gasteiger partial charge in [0.25, 0.3) is 0 Å². The van der Waals surface area contributed by atoms with Crippen molar-refractivity contribution in [2.24, 2.45) is 0 Å². The number of hydrogen-bond acceptors (Lipinski definition) is 2. The van der Waals surface area contributed by atoms with Crippen LogP contribution in [0.2, 0.25) is 5.02 Å². The first-order valence-corrected chi connectivity index (χ1v) is 6.24. The average Bonchev–Trinajstić information content (AvgIpc) is 2.42. The highest BCUT2D eigenvalue weighted by molar-refractivity contribution is 6.30. The van der Waals surface area contributed by atoms with Crippen LogP contribution in [0.1, 0.15) is 17.2 Å². The Hall–Kier alpha value is -1.58. The second-order valence-corrected chi connectivity index (χ2v) is 4.63. The predicted molar refractivity (Wildman–Crippen MR) is 73.1 cm³/mol. The SMILES string of the molecule is COc1ccccc1C(O)Cc1cc(Cl)ccc1F. The lowest BCUT2D eigenvalue weighted by atomic mass is 10.0. The lowest BCUT2D eigenvalue weighted by Gasteiger charge is -2.15. The van der Waals surface area contributed by atoms with E-state index in [1.165, 1.54) is 25.3 Å². The molecular weight excluding hydrogens is 267 g/mol. The van der Waals surface area contributed by atoms with Crippen LogP contribution in [-0.2, 0) is 6.42 Å². The van der Waals surface area contributed by atoms with Crippen molar-refractivity contribution in [2.45, 2.75) is 12.5 Å². The molecule has 2 aromatic rings. The minimum absolute atomic E-state index is 0.146. The van der Waals surface area contributed by atoms with Crippen molar-refractivity contribution in [2.75, 3.05) is 7.11 Å². The summed E-state index contributed by atoms with van der Waals surface area (Å²) < 4.78 is 18.8. The van der Waals surface area contributed by atoms with Crippen molar-refractivity contribution in [3.8, 4) is 5.75 Å². The molecule has 1 N–H and O–H groups in total. The maximum absolute atomic E-state index is 13.6. The van der Waals surface area contributed by atoms with Gasteiger partial charge in [-0.2, -0.15) is 0 Å². The van der Waals surface area contributed by atoms with E-state index in [2.05, 4.69) is 0 Å². The molecule has 0 aromatic heterocycles. The third-order valence-electron chi connectivity index (χ3n) is 2.92. The summed E-state index contributed by atoms with van der Waals surface area (Å²) >= 11 is 5.83. The van der Waals surface area contributed by atoms with E-state index >= 15 is 0 Å². The van der Waals surface area contributed by atoms with Crippen LogP contribution < -0.4 is 4.74 Å². The van der Waals surface area contributed by atoms with Gasteiger partial charge in [-0.15, -0.1) is 0 Å². The molecule has 0 amide bonds. The maximum Gasteiger partial charge on any atom is 0.126 e. The van der Waals surface area contributed by atoms with Crippen LogP contribution in [0.15, 0.2) is 42.5 Å². The Bertz CT molecular complexity index is 572. The number of aliphatic hydroxyl groups excluding tert-OH is 1. The first kappa shape index (κ1) is 13.8. The highest BCUT2D eigenvalue weighted by atomic mass is 35.5. The van der Waals surface area contributed by atoms with Crippen molar-refractivity contribution in [3.63, 3.8) is 0 Å². The van der Waals surface area contributed by atoms with Gasteiger partial charge in [0.05, 0.1) is 13.2 Å². The fourth-order valence-corrected chi connectivity index (χ4v) is 2.15. The summed E-state index contributed by atoms with van der Waals surface area (Å²) in [6, 6.07) is 11.4. The molecule has 0 bridgehead atoms. The normalized spacial score (nSPS) is 12.2. The van der Waals surface area contributed by atoms with Gasteiger partial charge in [-0.05, 0) is 29.8 Å². The average molecular weight is 281 g/mol. The van der Waals surface area contributed by atoms with Crippen molar-refractivity contribution in [1.82, 2.24) is 0 Å². The molecule has 2 aromatic carbocycles. The first-order valence-electron chi connectivity index (χ1n) is 5.86. The summed E-state index contributed by atoms with van der Waals surface area (Å²) in [6.07, 6.45) is -0.698. The van der Waals surface area contributed by atoms with E-state index in [4.69, 9.17) is 16.3 Å². The zero-order valence-corrected chi connectivity index (χ0v) is 11.2. The maximum atomic E-state index is 13.6. The number of methoxy groups -OCH3 is 1. The molecule has 0 radical (unpaired) electrons. The van der Waals surface area contributed by atoms with E-state index in [0.717, 1.165) is 0 Å². The second-order valence-electron chi connectivity index (χ2n) is 4.20. The highest BCUT2D eigenvalue weighted by Crippen LogP contribution is 2.28. The number of benzene rings is 2. The minimum atomic E-state index is -0.843. The van der Waals surface area contributed by atoms with Gasteiger partial charge in [0.1, 0.15) is 11.6 Å². The van der Waals surface area contributed by atoms with Gasteiger partial charge >= 0.3 is 0 Å². The molecule has 100 valence electrons. The Morgan fingerprint density at radius 2 is 2.00 bits per heavy atom. The third-order valence-corrected chi connectivity index (χ3v) is 3.15. The minimum Gasteiger partial charge on any atom is -0.496 e. The van der Waals surface area contributed by atoms with Crippen LogP contribution in [0.5, 0.6) is 5.75 Å². The second kappa shape index (κ2) is 6.04. The molecule has 2 nitrogen and oxygen atoms in total. The van der Waals surface area contributed by atoms with Crippen LogP contribution in [0.4, 0.5) is 4.39 Å². The number of rotatable bonds is 4. The lowest BCUT2D eigenvalue weighted by Crippen LogP contribution is -2.05. The van der Waals surface area contributed by atoms with Crippen molar-refractivity contribution in [3.05, 3.63) is 64.4 Å². The number of halogens is 2. The Morgan fingerprint density at radius 3 is 2.74 bits per heavy atom. The lowest BCUT2D eigenvalue weighted by molar-refractivity contribution is 0.172. The fraction of sp³-hybridized carbons (Fsp3) is 0.200. The Labute approximate surface area is 116 Å². The monoisotopic (exact) mass is 280 g/mol. The van der Waals surface area contributed by atoms with E-state index in [-0.39, 0.29) is 12.2 Å². The van der Waals surface area contributed by atoms with Crippen LogP contribution in [0.3, 0.4) is 0 Å². The molecule has 2 rings (SSSR count). The van der Waals surface area contributed by atoms with Gasteiger partial charge in [0.2, 0.25) is 0 Å². The number of aliphatic hydroxyl groups is 1. The van der Waals surface area contributed by atoms with E-state index in [0.29, 0.717) is 21.9 Å². The molecule has 4 heteroatoms. The van der Waals surface area contributed by atoms with Crippen LogP contribution in [0.25, 0.3) is 0 Å². The molecule has 0 aliphatic heterocycles. The Kier molecular flexibility index (Phi) is 4.40. The Morgan fingerprint density at radius 1 is 1.26 bits per heavy atom. The van der Waals surface area contributed by atoms with Crippen LogP contribution >= 0.6 is 11.6 Å². The smallest absolute Gasteiger partial charge is 0.126 e. The fourth-order valence-electron chi connectivity index (χ4n) is 1.96. The molecule has 0 saturated carbocycles. The van der Waals surface area contributed by atoms with Crippen molar-refractivity contribution >= 4 is 11.6 Å². The zero-order valence-electron chi connectivity index (χ0n) is 10.4. The van der Waals surface area contributed by atoms with Gasteiger partial charge in [-0.25, -0.2) is 4.39 Å². The summed E-state index contributed by atoms with van der Waals surface area (Å²) in [7, 11) is 1.53. The van der Waals surface area contributed by atoms with Gasteiger partial charge in [-0.3, -0.25) is 0 Å². The Balaban J connectivity index is 2.25. The molecule has 1 unspecified atom stereocenters. The van der Waals surface area contributed by atoms with Crippen molar-refractivity contribution in [1.29, 1.82) is 0 Å². The summed E-state index contributed by atoms with van der Waals surface area (Å²) in [5.74, 6) is 0.204. The molecule has 0 heterocycles.